The van der Waals surface area contributed by atoms with Gasteiger partial charge >= 0.3 is 0 Å². The second-order valence-corrected chi connectivity index (χ2v) is 6.42. The van der Waals surface area contributed by atoms with Crippen molar-refractivity contribution in [1.82, 2.24) is 15.5 Å². The summed E-state index contributed by atoms with van der Waals surface area (Å²) in [6, 6.07) is 6.43. The molecule has 118 valence electrons. The van der Waals surface area contributed by atoms with Gasteiger partial charge in [-0.1, -0.05) is 13.8 Å². The van der Waals surface area contributed by atoms with Crippen LogP contribution in [0.2, 0.25) is 0 Å². The van der Waals surface area contributed by atoms with Crippen LogP contribution in [0.3, 0.4) is 0 Å². The first-order chi connectivity index (χ1) is 10.6. The van der Waals surface area contributed by atoms with Crippen molar-refractivity contribution in [2.75, 3.05) is 24.5 Å². The van der Waals surface area contributed by atoms with E-state index in [2.05, 4.69) is 40.3 Å². The summed E-state index contributed by atoms with van der Waals surface area (Å²) in [4.78, 5) is 2.35. The van der Waals surface area contributed by atoms with E-state index in [1.54, 1.807) is 12.4 Å². The number of piperazine rings is 1. The molecule has 0 amide bonds. The van der Waals surface area contributed by atoms with Gasteiger partial charge in [0.15, 0.2) is 0 Å². The maximum absolute atomic E-state index is 10.3. The monoisotopic (exact) mass is 300 g/mol. The number of aromatic hydroxyl groups is 1. The summed E-state index contributed by atoms with van der Waals surface area (Å²) < 4.78 is 0. The highest BCUT2D eigenvalue weighted by molar-refractivity contribution is 5.72. The second kappa shape index (κ2) is 6.40. The van der Waals surface area contributed by atoms with Crippen molar-refractivity contribution in [2.45, 2.75) is 26.3 Å². The largest absolute Gasteiger partial charge is 0.507 e. The molecule has 0 bridgehead atoms. The molecular weight excluding hydrogens is 276 g/mol. The molecule has 1 aliphatic rings. The van der Waals surface area contributed by atoms with Crippen LogP contribution in [0.4, 0.5) is 5.69 Å². The molecule has 3 N–H and O–H groups in total. The van der Waals surface area contributed by atoms with Crippen LogP contribution in [0.25, 0.3) is 11.1 Å². The number of rotatable bonds is 4. The van der Waals surface area contributed by atoms with Gasteiger partial charge < -0.3 is 15.3 Å². The molecule has 0 aliphatic carbocycles. The molecule has 0 spiro atoms. The van der Waals surface area contributed by atoms with Crippen LogP contribution in [0.5, 0.6) is 5.75 Å². The van der Waals surface area contributed by atoms with Crippen LogP contribution < -0.4 is 10.2 Å². The molecule has 0 radical (unpaired) electrons. The molecule has 1 aromatic carbocycles. The van der Waals surface area contributed by atoms with E-state index in [-0.39, 0.29) is 0 Å². The van der Waals surface area contributed by atoms with Gasteiger partial charge in [0.1, 0.15) is 5.75 Å². The average Bonchev–Trinajstić information content (AvgIpc) is 3.00. The number of phenolic OH excluding ortho intramolecular Hbond substituents is 1. The number of anilines is 1. The van der Waals surface area contributed by atoms with E-state index in [9.17, 15) is 5.11 Å². The zero-order chi connectivity index (χ0) is 15.5. The highest BCUT2D eigenvalue weighted by Crippen LogP contribution is 2.32. The van der Waals surface area contributed by atoms with Crippen LogP contribution in [-0.4, -0.2) is 41.0 Å². The van der Waals surface area contributed by atoms with E-state index in [1.807, 2.05) is 12.1 Å². The van der Waals surface area contributed by atoms with Gasteiger partial charge in [0, 0.05) is 54.8 Å². The number of hydrogen-bond donors (Lipinski definition) is 3. The molecule has 1 unspecified atom stereocenters. The summed E-state index contributed by atoms with van der Waals surface area (Å²) in [6.45, 7) is 7.46. The fourth-order valence-corrected chi connectivity index (χ4v) is 3.15. The lowest BCUT2D eigenvalue weighted by molar-refractivity contribution is 0.388. The van der Waals surface area contributed by atoms with Gasteiger partial charge in [-0.15, -0.1) is 0 Å². The van der Waals surface area contributed by atoms with Crippen molar-refractivity contribution in [3.05, 3.63) is 30.6 Å². The lowest BCUT2D eigenvalue weighted by Gasteiger charge is -2.36. The van der Waals surface area contributed by atoms with Crippen LogP contribution in [0, 0.1) is 5.92 Å². The van der Waals surface area contributed by atoms with Gasteiger partial charge in [0.2, 0.25) is 0 Å². The zero-order valence-corrected chi connectivity index (χ0v) is 13.2. The molecule has 2 aromatic rings. The summed E-state index contributed by atoms with van der Waals surface area (Å²) in [5.41, 5.74) is 2.80. The van der Waals surface area contributed by atoms with Crippen molar-refractivity contribution >= 4 is 5.69 Å². The first-order valence-electron chi connectivity index (χ1n) is 7.94. The van der Waals surface area contributed by atoms with Crippen LogP contribution in [-0.2, 0) is 0 Å². The van der Waals surface area contributed by atoms with Gasteiger partial charge in [-0.3, -0.25) is 5.10 Å². The van der Waals surface area contributed by atoms with E-state index < -0.39 is 0 Å². The topological polar surface area (TPSA) is 64.2 Å². The molecule has 1 fully saturated rings. The molecule has 5 heteroatoms. The van der Waals surface area contributed by atoms with Gasteiger partial charge in [0.25, 0.3) is 0 Å². The maximum Gasteiger partial charge on any atom is 0.125 e. The van der Waals surface area contributed by atoms with E-state index in [0.717, 1.165) is 36.4 Å². The number of nitrogens with one attached hydrogen (secondary N) is 2. The van der Waals surface area contributed by atoms with Crippen molar-refractivity contribution in [3.8, 4) is 16.9 Å². The average molecular weight is 300 g/mol. The van der Waals surface area contributed by atoms with E-state index in [0.29, 0.717) is 17.7 Å². The minimum Gasteiger partial charge on any atom is -0.507 e. The Kier molecular flexibility index (Phi) is 4.34. The Morgan fingerprint density at radius 1 is 1.41 bits per heavy atom. The van der Waals surface area contributed by atoms with Crippen LogP contribution >= 0.6 is 0 Å². The molecular formula is C17H24N4O. The predicted molar refractivity (Wildman–Crippen MR) is 89.1 cm³/mol. The van der Waals surface area contributed by atoms with Gasteiger partial charge in [-0.05, 0) is 24.5 Å². The summed E-state index contributed by atoms with van der Waals surface area (Å²) in [5, 5.41) is 20.6. The molecule has 22 heavy (non-hydrogen) atoms. The Labute approximate surface area is 131 Å². The smallest absolute Gasteiger partial charge is 0.125 e. The van der Waals surface area contributed by atoms with Crippen LogP contribution in [0.1, 0.15) is 20.3 Å². The second-order valence-electron chi connectivity index (χ2n) is 6.42. The third-order valence-corrected chi connectivity index (χ3v) is 4.17. The third-order valence-electron chi connectivity index (χ3n) is 4.17. The fraction of sp³-hybridized carbons (Fsp3) is 0.471. The highest BCUT2D eigenvalue weighted by Gasteiger charge is 2.21. The SMILES string of the molecule is CC(C)CC1CN(c2ccc(-c3cn[nH]c3)c(O)c2)CCN1. The van der Waals surface area contributed by atoms with Crippen molar-refractivity contribution < 1.29 is 5.11 Å². The molecule has 0 saturated carbocycles. The summed E-state index contributed by atoms with van der Waals surface area (Å²) in [7, 11) is 0. The Bertz CT molecular complexity index is 609. The number of nitrogens with zero attached hydrogens (tertiary/aromatic N) is 2. The van der Waals surface area contributed by atoms with Crippen LogP contribution in [0.15, 0.2) is 30.6 Å². The van der Waals surface area contributed by atoms with Gasteiger partial charge in [0.05, 0.1) is 6.20 Å². The number of aromatic nitrogens is 2. The third kappa shape index (κ3) is 3.25. The molecule has 1 aromatic heterocycles. The fourth-order valence-electron chi connectivity index (χ4n) is 3.15. The van der Waals surface area contributed by atoms with Gasteiger partial charge in [-0.25, -0.2) is 0 Å². The normalized spacial score (nSPS) is 18.9. The number of phenols is 1. The lowest BCUT2D eigenvalue weighted by Crippen LogP contribution is -2.51. The van der Waals surface area contributed by atoms with E-state index in [1.165, 1.54) is 6.42 Å². The number of H-pyrrole nitrogens is 1. The number of aromatic amines is 1. The summed E-state index contributed by atoms with van der Waals surface area (Å²) >= 11 is 0. The first kappa shape index (κ1) is 14.9. The van der Waals surface area contributed by atoms with E-state index >= 15 is 0 Å². The standard InChI is InChI=1S/C17H24N4O/c1-12(2)7-14-11-21(6-5-18-14)15-3-4-16(17(22)8-15)13-9-19-20-10-13/h3-4,8-10,12,14,18,22H,5-7,11H2,1-2H3,(H,19,20). The predicted octanol–water partition coefficient (Wildman–Crippen LogP) is 2.61. The Morgan fingerprint density at radius 3 is 2.95 bits per heavy atom. The van der Waals surface area contributed by atoms with Crippen molar-refractivity contribution in [3.63, 3.8) is 0 Å². The minimum absolute atomic E-state index is 0.304. The first-order valence-corrected chi connectivity index (χ1v) is 7.94. The molecule has 2 heterocycles. The molecule has 3 rings (SSSR count). The van der Waals surface area contributed by atoms with Crippen molar-refractivity contribution in [2.24, 2.45) is 5.92 Å². The maximum atomic E-state index is 10.3. The molecule has 1 aliphatic heterocycles. The molecule has 1 saturated heterocycles. The minimum atomic E-state index is 0.304. The number of benzene rings is 1. The quantitative estimate of drug-likeness (QED) is 0.812. The highest BCUT2D eigenvalue weighted by atomic mass is 16.3. The lowest BCUT2D eigenvalue weighted by atomic mass is 10.0. The zero-order valence-electron chi connectivity index (χ0n) is 13.2. The number of hydrogen-bond acceptors (Lipinski definition) is 4. The van der Waals surface area contributed by atoms with Crippen molar-refractivity contribution in [1.29, 1.82) is 0 Å². The van der Waals surface area contributed by atoms with Gasteiger partial charge in [-0.2, -0.15) is 5.10 Å². The summed E-state index contributed by atoms with van der Waals surface area (Å²) in [5.74, 6) is 0.993. The Morgan fingerprint density at radius 2 is 2.27 bits per heavy atom. The van der Waals surface area contributed by atoms with E-state index in [4.69, 9.17) is 0 Å². The summed E-state index contributed by atoms with van der Waals surface area (Å²) in [6.07, 6.45) is 4.69. The Balaban J connectivity index is 1.76. The Hall–Kier alpha value is -2.01. The molecule has 1 atom stereocenters. The molecule has 5 nitrogen and oxygen atoms in total.